The number of aromatic nitrogens is 1. The molecule has 1 aromatic heterocycles. The number of hydrogen-bond acceptors (Lipinski definition) is 6. The monoisotopic (exact) mass is 361 g/mol. The van der Waals surface area contributed by atoms with E-state index in [-0.39, 0.29) is 5.50 Å². The third-order valence-electron chi connectivity index (χ3n) is 4.05. The van der Waals surface area contributed by atoms with Gasteiger partial charge in [-0.05, 0) is 36.3 Å². The molecule has 0 amide bonds. The van der Waals surface area contributed by atoms with Crippen molar-refractivity contribution in [1.29, 1.82) is 0 Å². The first-order chi connectivity index (χ1) is 12.2. The van der Waals surface area contributed by atoms with Crippen LogP contribution in [-0.4, -0.2) is 35.4 Å². The average Bonchev–Trinajstić information content (AvgIpc) is 3.06. The topological polar surface area (TPSA) is 78.5 Å². The number of methoxy groups -OCH3 is 1. The minimum absolute atomic E-state index is 0.315. The average molecular weight is 361 g/mol. The minimum Gasteiger partial charge on any atom is -0.613 e. The first-order valence-electron chi connectivity index (χ1n) is 8.24. The van der Waals surface area contributed by atoms with Crippen LogP contribution in [0.15, 0.2) is 36.5 Å². The quantitative estimate of drug-likeness (QED) is 0.556. The maximum Gasteiger partial charge on any atom is 0.262 e. The molecule has 1 aromatic carbocycles. The van der Waals surface area contributed by atoms with E-state index >= 15 is 0 Å². The number of anilines is 2. The van der Waals surface area contributed by atoms with Gasteiger partial charge >= 0.3 is 0 Å². The maximum absolute atomic E-state index is 12.7. The molecule has 0 saturated carbocycles. The van der Waals surface area contributed by atoms with Crippen LogP contribution < -0.4 is 15.4 Å². The van der Waals surface area contributed by atoms with Crippen molar-refractivity contribution < 1.29 is 14.0 Å². The Morgan fingerprint density at radius 1 is 1.16 bits per heavy atom. The number of fused-ring (bicyclic) bond motifs is 1. The van der Waals surface area contributed by atoms with Gasteiger partial charge in [-0.2, -0.15) is 0 Å². The SMILES string of the molecule is COCCCOc1ccnc(C[S+]([O-])C2Nc3ccccc3N2)c1C. The lowest BCUT2D eigenvalue weighted by atomic mass is 10.2. The van der Waals surface area contributed by atoms with Crippen LogP contribution in [0, 0.1) is 6.92 Å². The molecule has 2 N–H and O–H groups in total. The molecular formula is C18H23N3O3S. The number of nitrogens with one attached hydrogen (secondary N) is 2. The van der Waals surface area contributed by atoms with Crippen LogP contribution in [0.3, 0.4) is 0 Å². The first kappa shape index (κ1) is 17.8. The third kappa shape index (κ3) is 4.36. The fourth-order valence-electron chi connectivity index (χ4n) is 2.65. The number of nitrogens with zero attached hydrogens (tertiary/aromatic N) is 1. The highest BCUT2D eigenvalue weighted by Gasteiger charge is 2.30. The van der Waals surface area contributed by atoms with Crippen LogP contribution in [0.1, 0.15) is 17.7 Å². The first-order valence-corrected chi connectivity index (χ1v) is 9.62. The van der Waals surface area contributed by atoms with Gasteiger partial charge in [-0.25, -0.2) is 0 Å². The number of hydrogen-bond donors (Lipinski definition) is 2. The molecule has 0 fully saturated rings. The molecule has 0 saturated heterocycles. The van der Waals surface area contributed by atoms with E-state index < -0.39 is 11.2 Å². The molecule has 0 bridgehead atoms. The van der Waals surface area contributed by atoms with Crippen molar-refractivity contribution in [2.24, 2.45) is 0 Å². The highest BCUT2D eigenvalue weighted by Crippen LogP contribution is 2.31. The Morgan fingerprint density at radius 2 is 1.88 bits per heavy atom. The zero-order valence-corrected chi connectivity index (χ0v) is 15.3. The second kappa shape index (κ2) is 8.42. The van der Waals surface area contributed by atoms with Gasteiger partial charge in [0.1, 0.15) is 5.75 Å². The maximum atomic E-state index is 12.7. The molecule has 1 atom stereocenters. The molecule has 1 aliphatic heterocycles. The molecule has 25 heavy (non-hydrogen) atoms. The Labute approximate surface area is 151 Å². The van der Waals surface area contributed by atoms with Crippen molar-refractivity contribution in [2.45, 2.75) is 24.6 Å². The lowest BCUT2D eigenvalue weighted by molar-refractivity contribution is 0.172. The Hall–Kier alpha value is -1.96. The predicted molar refractivity (Wildman–Crippen MR) is 100 cm³/mol. The van der Waals surface area contributed by atoms with E-state index in [0.29, 0.717) is 19.0 Å². The van der Waals surface area contributed by atoms with E-state index in [4.69, 9.17) is 9.47 Å². The van der Waals surface area contributed by atoms with E-state index in [1.165, 1.54) is 0 Å². The van der Waals surface area contributed by atoms with Crippen molar-refractivity contribution >= 4 is 22.6 Å². The predicted octanol–water partition coefficient (Wildman–Crippen LogP) is 2.88. The molecule has 2 heterocycles. The van der Waals surface area contributed by atoms with Gasteiger partial charge in [0, 0.05) is 31.9 Å². The van der Waals surface area contributed by atoms with Crippen molar-refractivity contribution in [3.63, 3.8) is 0 Å². The van der Waals surface area contributed by atoms with Crippen LogP contribution in [-0.2, 0) is 21.7 Å². The summed E-state index contributed by atoms with van der Waals surface area (Å²) in [7, 11) is 1.68. The number of para-hydroxylation sites is 2. The van der Waals surface area contributed by atoms with Crippen LogP contribution in [0.5, 0.6) is 5.75 Å². The zero-order chi connectivity index (χ0) is 17.6. The van der Waals surface area contributed by atoms with E-state index in [2.05, 4.69) is 15.6 Å². The smallest absolute Gasteiger partial charge is 0.262 e. The molecule has 6 nitrogen and oxygen atoms in total. The Balaban J connectivity index is 1.61. The molecule has 134 valence electrons. The lowest BCUT2D eigenvalue weighted by Gasteiger charge is -2.19. The van der Waals surface area contributed by atoms with Gasteiger partial charge in [-0.1, -0.05) is 12.1 Å². The van der Waals surface area contributed by atoms with Crippen molar-refractivity contribution in [3.8, 4) is 5.75 Å². The van der Waals surface area contributed by atoms with E-state index in [0.717, 1.165) is 34.8 Å². The Morgan fingerprint density at radius 3 is 2.56 bits per heavy atom. The van der Waals surface area contributed by atoms with Gasteiger partial charge in [0.25, 0.3) is 5.50 Å². The summed E-state index contributed by atoms with van der Waals surface area (Å²) in [5.74, 6) is 1.15. The summed E-state index contributed by atoms with van der Waals surface area (Å²) >= 11 is -1.16. The van der Waals surface area contributed by atoms with Gasteiger partial charge in [0.2, 0.25) is 0 Å². The summed E-state index contributed by atoms with van der Waals surface area (Å²) in [5, 5.41) is 6.51. The summed E-state index contributed by atoms with van der Waals surface area (Å²) in [4.78, 5) is 4.39. The summed E-state index contributed by atoms with van der Waals surface area (Å²) in [5.41, 5.74) is 3.36. The molecular weight excluding hydrogens is 338 g/mol. The molecule has 2 aromatic rings. The van der Waals surface area contributed by atoms with Gasteiger partial charge in [0.15, 0.2) is 5.75 Å². The highest BCUT2D eigenvalue weighted by molar-refractivity contribution is 7.91. The van der Waals surface area contributed by atoms with E-state index in [1.54, 1.807) is 13.3 Å². The Bertz CT molecular complexity index is 689. The highest BCUT2D eigenvalue weighted by atomic mass is 32.2. The summed E-state index contributed by atoms with van der Waals surface area (Å²) in [6, 6.07) is 9.69. The third-order valence-corrected chi connectivity index (χ3v) is 5.37. The minimum atomic E-state index is -1.16. The van der Waals surface area contributed by atoms with Gasteiger partial charge in [-0.15, -0.1) is 0 Å². The number of rotatable bonds is 8. The molecule has 0 radical (unpaired) electrons. The number of pyridine rings is 1. The largest absolute Gasteiger partial charge is 0.613 e. The van der Waals surface area contributed by atoms with E-state index in [1.807, 2.05) is 37.3 Å². The molecule has 1 unspecified atom stereocenters. The molecule has 3 rings (SSSR count). The summed E-state index contributed by atoms with van der Waals surface area (Å²) < 4.78 is 23.5. The fraction of sp³-hybridized carbons (Fsp3) is 0.389. The van der Waals surface area contributed by atoms with E-state index in [9.17, 15) is 4.55 Å². The van der Waals surface area contributed by atoms with Crippen molar-refractivity contribution in [3.05, 3.63) is 47.8 Å². The van der Waals surface area contributed by atoms with Crippen LogP contribution in [0.25, 0.3) is 0 Å². The second-order valence-corrected chi connectivity index (χ2v) is 7.34. The summed E-state index contributed by atoms with van der Waals surface area (Å²) in [6.45, 7) is 3.21. The van der Waals surface area contributed by atoms with Gasteiger partial charge < -0.3 is 24.7 Å². The normalized spacial score (nSPS) is 14.5. The molecule has 7 heteroatoms. The van der Waals surface area contributed by atoms with Crippen molar-refractivity contribution in [1.82, 2.24) is 4.98 Å². The Kier molecular flexibility index (Phi) is 6.01. The standard InChI is InChI=1S/C18H23N3O3S/c1-13-16(19-9-8-17(13)24-11-5-10-23-2)12-25(22)18-20-14-6-3-4-7-15(14)21-18/h3-4,6-9,18,20-21H,5,10-12H2,1-2H3. The lowest BCUT2D eigenvalue weighted by Crippen LogP contribution is -2.33. The molecule has 0 spiro atoms. The zero-order valence-electron chi connectivity index (χ0n) is 14.5. The van der Waals surface area contributed by atoms with Crippen LogP contribution >= 0.6 is 0 Å². The van der Waals surface area contributed by atoms with Crippen LogP contribution in [0.4, 0.5) is 11.4 Å². The van der Waals surface area contributed by atoms with Gasteiger partial charge in [0.05, 0.1) is 23.7 Å². The molecule has 1 aliphatic rings. The number of ether oxygens (including phenoxy) is 2. The van der Waals surface area contributed by atoms with Gasteiger partial charge in [-0.3, -0.25) is 4.98 Å². The van der Waals surface area contributed by atoms with Crippen LogP contribution in [0.2, 0.25) is 0 Å². The van der Waals surface area contributed by atoms with Crippen molar-refractivity contribution in [2.75, 3.05) is 31.0 Å². The molecule has 0 aliphatic carbocycles. The fourth-order valence-corrected chi connectivity index (χ4v) is 3.89. The number of benzene rings is 1. The second-order valence-electron chi connectivity index (χ2n) is 5.81. The summed E-state index contributed by atoms with van der Waals surface area (Å²) in [6.07, 6.45) is 2.53.